The van der Waals surface area contributed by atoms with Crippen LogP contribution in [0.1, 0.15) is 5.56 Å². The topological polar surface area (TPSA) is 88.4 Å². The Morgan fingerprint density at radius 1 is 1.41 bits per heavy atom. The van der Waals surface area contributed by atoms with Gasteiger partial charge in [-0.2, -0.15) is 0 Å². The summed E-state index contributed by atoms with van der Waals surface area (Å²) < 4.78 is 10.3. The molecule has 0 bridgehead atoms. The Kier molecular flexibility index (Phi) is 3.08. The monoisotopic (exact) mass is 238 g/mol. The van der Waals surface area contributed by atoms with Crippen molar-refractivity contribution in [2.24, 2.45) is 5.29 Å². The molecule has 0 spiro atoms. The average Bonchev–Trinajstić information content (AvgIpc) is 2.74. The number of aliphatic carboxylic acids is 1. The minimum absolute atomic E-state index is 0.117. The van der Waals surface area contributed by atoms with Crippen molar-refractivity contribution >= 4 is 5.97 Å². The van der Waals surface area contributed by atoms with Crippen LogP contribution >= 0.6 is 0 Å². The lowest BCUT2D eigenvalue weighted by atomic mass is 10.2. The Morgan fingerprint density at radius 3 is 2.88 bits per heavy atom. The molecule has 0 saturated heterocycles. The number of nitrogens with zero attached hydrogens (tertiary/aromatic N) is 2. The molecule has 1 aromatic carbocycles. The van der Waals surface area contributed by atoms with Gasteiger partial charge in [0.2, 0.25) is 6.79 Å². The Hall–Kier alpha value is -2.31. The minimum Gasteiger partial charge on any atom is -0.480 e. The molecule has 1 aliphatic rings. The third-order valence-electron chi connectivity index (χ3n) is 2.24. The number of nitroso groups, excluding NO2 is 1. The van der Waals surface area contributed by atoms with Gasteiger partial charge in [0.05, 0.1) is 11.8 Å². The summed E-state index contributed by atoms with van der Waals surface area (Å²) in [4.78, 5) is 20.9. The lowest BCUT2D eigenvalue weighted by Crippen LogP contribution is -2.23. The predicted octanol–water partition coefficient (Wildman–Crippen LogP) is 0.983. The summed E-state index contributed by atoms with van der Waals surface area (Å²) in [5, 5.41) is 12.1. The van der Waals surface area contributed by atoms with Crippen LogP contribution in [0.25, 0.3) is 0 Å². The molecule has 0 fully saturated rings. The number of benzene rings is 1. The van der Waals surface area contributed by atoms with E-state index in [0.717, 1.165) is 10.6 Å². The van der Waals surface area contributed by atoms with Gasteiger partial charge in [-0.25, -0.2) is 5.01 Å². The Morgan fingerprint density at radius 2 is 2.18 bits per heavy atom. The molecule has 2 rings (SSSR count). The molecule has 7 nitrogen and oxygen atoms in total. The number of hydrogen-bond acceptors (Lipinski definition) is 5. The zero-order valence-electron chi connectivity index (χ0n) is 8.83. The van der Waals surface area contributed by atoms with Crippen LogP contribution in [0, 0.1) is 4.91 Å². The normalized spacial score (nSPS) is 12.2. The van der Waals surface area contributed by atoms with Crippen molar-refractivity contribution in [1.29, 1.82) is 0 Å². The third kappa shape index (κ3) is 2.63. The minimum atomic E-state index is -1.11. The molecule has 90 valence electrons. The smallest absolute Gasteiger partial charge is 0.325 e. The van der Waals surface area contributed by atoms with Gasteiger partial charge in [-0.15, -0.1) is 4.91 Å². The van der Waals surface area contributed by atoms with E-state index in [1.165, 1.54) is 0 Å². The highest BCUT2D eigenvalue weighted by Gasteiger charge is 2.15. The Labute approximate surface area is 96.5 Å². The maximum atomic E-state index is 10.5. The molecule has 7 heteroatoms. The van der Waals surface area contributed by atoms with Gasteiger partial charge in [0, 0.05) is 0 Å². The van der Waals surface area contributed by atoms with Crippen molar-refractivity contribution in [1.82, 2.24) is 5.01 Å². The van der Waals surface area contributed by atoms with E-state index in [0.29, 0.717) is 11.5 Å². The highest BCUT2D eigenvalue weighted by molar-refractivity contribution is 5.69. The highest BCUT2D eigenvalue weighted by Crippen LogP contribution is 2.32. The summed E-state index contributed by atoms with van der Waals surface area (Å²) in [5.41, 5.74) is 0.732. The molecule has 0 radical (unpaired) electrons. The molecule has 0 amide bonds. The van der Waals surface area contributed by atoms with Crippen LogP contribution < -0.4 is 9.47 Å². The van der Waals surface area contributed by atoms with Gasteiger partial charge in [-0.05, 0) is 17.7 Å². The SMILES string of the molecule is O=NN(CC(=O)O)Cc1ccc2c(c1)OCO2. The molecular weight excluding hydrogens is 228 g/mol. The van der Waals surface area contributed by atoms with E-state index in [2.05, 4.69) is 5.29 Å². The number of carbonyl (C=O) groups is 1. The first-order valence-electron chi connectivity index (χ1n) is 4.87. The molecule has 0 aliphatic carbocycles. The third-order valence-corrected chi connectivity index (χ3v) is 2.24. The lowest BCUT2D eigenvalue weighted by molar-refractivity contribution is -0.138. The first-order chi connectivity index (χ1) is 8.19. The average molecular weight is 238 g/mol. The van der Waals surface area contributed by atoms with Crippen molar-refractivity contribution in [2.45, 2.75) is 6.54 Å². The molecule has 0 unspecified atom stereocenters. The zero-order valence-corrected chi connectivity index (χ0v) is 8.83. The molecule has 0 aromatic heterocycles. The summed E-state index contributed by atoms with van der Waals surface area (Å²) in [6, 6.07) is 5.14. The van der Waals surface area contributed by atoms with Crippen LogP contribution in [0.5, 0.6) is 11.5 Å². The van der Waals surface area contributed by atoms with Gasteiger partial charge in [-0.3, -0.25) is 4.79 Å². The first kappa shape index (κ1) is 11.2. The van der Waals surface area contributed by atoms with Crippen molar-refractivity contribution < 1.29 is 19.4 Å². The molecular formula is C10H10N2O5. The quantitative estimate of drug-likeness (QED) is 0.607. The predicted molar refractivity (Wildman–Crippen MR) is 56.4 cm³/mol. The van der Waals surface area contributed by atoms with Gasteiger partial charge < -0.3 is 14.6 Å². The number of ether oxygens (including phenoxy) is 2. The molecule has 1 aliphatic heterocycles. The summed E-state index contributed by atoms with van der Waals surface area (Å²) in [7, 11) is 0. The van der Waals surface area contributed by atoms with Gasteiger partial charge in [0.25, 0.3) is 0 Å². The number of carboxylic acids is 1. The zero-order chi connectivity index (χ0) is 12.3. The fourth-order valence-electron chi connectivity index (χ4n) is 1.52. The molecule has 1 heterocycles. The van der Waals surface area contributed by atoms with E-state index in [-0.39, 0.29) is 13.3 Å². The van der Waals surface area contributed by atoms with Crippen molar-refractivity contribution in [3.8, 4) is 11.5 Å². The number of fused-ring (bicyclic) bond motifs is 1. The lowest BCUT2D eigenvalue weighted by Gasteiger charge is -2.12. The van der Waals surface area contributed by atoms with Crippen LogP contribution in [0.2, 0.25) is 0 Å². The molecule has 0 atom stereocenters. The fraction of sp³-hybridized carbons (Fsp3) is 0.300. The maximum Gasteiger partial charge on any atom is 0.325 e. The van der Waals surface area contributed by atoms with E-state index in [9.17, 15) is 9.70 Å². The fourth-order valence-corrected chi connectivity index (χ4v) is 1.52. The maximum absolute atomic E-state index is 10.5. The standard InChI is InChI=1S/C10H10N2O5/c13-10(14)5-12(11-15)4-7-1-2-8-9(3-7)17-6-16-8/h1-3H,4-6H2,(H,13,14). The highest BCUT2D eigenvalue weighted by atomic mass is 16.7. The van der Waals surface area contributed by atoms with Crippen molar-refractivity contribution in [2.75, 3.05) is 13.3 Å². The molecule has 1 N–H and O–H groups in total. The molecule has 1 aromatic rings. The Bertz CT molecular complexity index is 448. The van der Waals surface area contributed by atoms with Crippen LogP contribution in [0.4, 0.5) is 0 Å². The van der Waals surface area contributed by atoms with E-state index in [1.807, 2.05) is 0 Å². The second kappa shape index (κ2) is 4.69. The van der Waals surface area contributed by atoms with E-state index in [1.54, 1.807) is 18.2 Å². The second-order valence-corrected chi connectivity index (χ2v) is 3.49. The Balaban J connectivity index is 2.07. The van der Waals surface area contributed by atoms with Crippen LogP contribution in [-0.4, -0.2) is 29.4 Å². The summed E-state index contributed by atoms with van der Waals surface area (Å²) in [6.45, 7) is -0.145. The van der Waals surface area contributed by atoms with Crippen LogP contribution in [0.15, 0.2) is 23.5 Å². The number of rotatable bonds is 5. The second-order valence-electron chi connectivity index (χ2n) is 3.49. The van der Waals surface area contributed by atoms with Gasteiger partial charge in [-0.1, -0.05) is 6.07 Å². The van der Waals surface area contributed by atoms with Crippen molar-refractivity contribution in [3.63, 3.8) is 0 Å². The van der Waals surface area contributed by atoms with E-state index < -0.39 is 12.5 Å². The number of carboxylic acid groups (broad SMARTS) is 1. The summed E-state index contributed by atoms with van der Waals surface area (Å²) in [5.74, 6) is 0.117. The van der Waals surface area contributed by atoms with Gasteiger partial charge in [0.1, 0.15) is 6.54 Å². The first-order valence-corrected chi connectivity index (χ1v) is 4.87. The summed E-state index contributed by atoms with van der Waals surface area (Å²) in [6.07, 6.45) is 0. The largest absolute Gasteiger partial charge is 0.480 e. The van der Waals surface area contributed by atoms with Crippen LogP contribution in [0.3, 0.4) is 0 Å². The van der Waals surface area contributed by atoms with Gasteiger partial charge >= 0.3 is 5.97 Å². The van der Waals surface area contributed by atoms with Crippen LogP contribution in [-0.2, 0) is 11.3 Å². The number of hydrogen-bond donors (Lipinski definition) is 1. The summed E-state index contributed by atoms with van der Waals surface area (Å²) >= 11 is 0. The van der Waals surface area contributed by atoms with Gasteiger partial charge in [0.15, 0.2) is 11.5 Å². The molecule has 17 heavy (non-hydrogen) atoms. The van der Waals surface area contributed by atoms with E-state index >= 15 is 0 Å². The molecule has 0 saturated carbocycles. The van der Waals surface area contributed by atoms with Crippen molar-refractivity contribution in [3.05, 3.63) is 28.7 Å². The van der Waals surface area contributed by atoms with E-state index in [4.69, 9.17) is 14.6 Å².